The quantitative estimate of drug-likeness (QED) is 0.685. The lowest BCUT2D eigenvalue weighted by Gasteiger charge is -2.26. The van der Waals surface area contributed by atoms with Crippen LogP contribution in [0.15, 0.2) is 0 Å². The molecule has 0 atom stereocenters. The summed E-state index contributed by atoms with van der Waals surface area (Å²) in [6.07, 6.45) is 6.51. The van der Waals surface area contributed by atoms with Gasteiger partial charge in [-0.1, -0.05) is 0 Å². The molecule has 0 aromatic rings. The fraction of sp³-hybridized carbons (Fsp3) is 0.818. The van der Waals surface area contributed by atoms with Crippen molar-refractivity contribution in [1.82, 2.24) is 4.90 Å². The number of carbonyl (C=O) groups is 1. The number of nitrogens with zero attached hydrogens (tertiary/aromatic N) is 1. The van der Waals surface area contributed by atoms with E-state index >= 15 is 0 Å². The van der Waals surface area contributed by atoms with Gasteiger partial charge in [-0.3, -0.25) is 4.79 Å². The van der Waals surface area contributed by atoms with Crippen LogP contribution in [0.3, 0.4) is 0 Å². The van der Waals surface area contributed by atoms with E-state index in [2.05, 4.69) is 6.42 Å². The lowest BCUT2D eigenvalue weighted by atomic mass is 9.88. The van der Waals surface area contributed by atoms with Crippen LogP contribution in [0.25, 0.3) is 0 Å². The summed E-state index contributed by atoms with van der Waals surface area (Å²) in [6, 6.07) is 0. The lowest BCUT2D eigenvalue weighted by molar-refractivity contribution is -0.135. The largest absolute Gasteiger partial charge is 0.383 e. The molecular formula is C11H20NO2. The highest BCUT2D eigenvalue weighted by Crippen LogP contribution is 2.24. The minimum atomic E-state index is 0.252. The van der Waals surface area contributed by atoms with Gasteiger partial charge in [0.1, 0.15) is 0 Å². The second kappa shape index (κ2) is 6.02. The molecule has 0 spiro atoms. The minimum Gasteiger partial charge on any atom is -0.383 e. The summed E-state index contributed by atoms with van der Waals surface area (Å²) in [6.45, 7) is 1.33. The van der Waals surface area contributed by atoms with Gasteiger partial charge in [-0.25, -0.2) is 0 Å². The van der Waals surface area contributed by atoms with Crippen molar-refractivity contribution in [1.29, 1.82) is 0 Å². The maximum atomic E-state index is 11.9. The van der Waals surface area contributed by atoms with Gasteiger partial charge in [-0.2, -0.15) is 0 Å². The highest BCUT2D eigenvalue weighted by Gasteiger charge is 2.23. The minimum absolute atomic E-state index is 0.252. The molecule has 1 saturated carbocycles. The van der Waals surface area contributed by atoms with E-state index < -0.39 is 0 Å². The van der Waals surface area contributed by atoms with Crippen LogP contribution < -0.4 is 0 Å². The molecule has 1 fully saturated rings. The zero-order valence-corrected chi connectivity index (χ0v) is 9.16. The molecule has 14 heavy (non-hydrogen) atoms. The summed E-state index contributed by atoms with van der Waals surface area (Å²) in [7, 11) is 3.52. The third-order valence-corrected chi connectivity index (χ3v) is 2.79. The number of hydrogen-bond acceptors (Lipinski definition) is 2. The molecule has 3 nitrogen and oxygen atoms in total. The number of methoxy groups -OCH3 is 1. The number of rotatable bonds is 4. The number of hydrogen-bond donors (Lipinski definition) is 0. The molecule has 0 saturated heterocycles. The molecule has 0 heterocycles. The van der Waals surface area contributed by atoms with Crippen LogP contribution in [0.1, 0.15) is 25.7 Å². The molecule has 1 rings (SSSR count). The van der Waals surface area contributed by atoms with E-state index in [9.17, 15) is 4.79 Å². The smallest absolute Gasteiger partial charge is 0.225 e. The zero-order valence-electron chi connectivity index (χ0n) is 9.16. The lowest BCUT2D eigenvalue weighted by Crippen LogP contribution is -2.36. The Morgan fingerprint density at radius 3 is 2.71 bits per heavy atom. The van der Waals surface area contributed by atoms with Crippen molar-refractivity contribution in [2.75, 3.05) is 27.3 Å². The van der Waals surface area contributed by atoms with Crippen molar-refractivity contribution in [3.63, 3.8) is 0 Å². The third-order valence-electron chi connectivity index (χ3n) is 2.79. The standard InChI is InChI=1S/C11H20NO2/c1-12(8-9-14-2)11(13)10-6-4-3-5-7-10/h3,10H,4-9H2,1-2H3. The van der Waals surface area contributed by atoms with Crippen molar-refractivity contribution in [3.8, 4) is 0 Å². The van der Waals surface area contributed by atoms with Gasteiger partial charge in [0.25, 0.3) is 0 Å². The van der Waals surface area contributed by atoms with Crippen molar-refractivity contribution in [2.24, 2.45) is 5.92 Å². The van der Waals surface area contributed by atoms with Gasteiger partial charge in [0.2, 0.25) is 5.91 Å². The molecule has 0 aromatic heterocycles. The summed E-state index contributed by atoms with van der Waals surface area (Å²) in [4.78, 5) is 13.7. The predicted octanol–water partition coefficient (Wildman–Crippen LogP) is 1.49. The highest BCUT2D eigenvalue weighted by atomic mass is 16.5. The zero-order chi connectivity index (χ0) is 10.4. The molecule has 3 heteroatoms. The number of ether oxygens (including phenoxy) is 1. The first-order valence-corrected chi connectivity index (χ1v) is 5.31. The van der Waals surface area contributed by atoms with Crippen LogP contribution in [0.4, 0.5) is 0 Å². The first kappa shape index (κ1) is 11.5. The van der Waals surface area contributed by atoms with Gasteiger partial charge in [-0.05, 0) is 32.1 Å². The molecule has 1 aliphatic rings. The molecule has 1 amide bonds. The molecule has 1 radical (unpaired) electrons. The van der Waals surface area contributed by atoms with E-state index in [0.29, 0.717) is 13.2 Å². The molecular weight excluding hydrogens is 178 g/mol. The SMILES string of the molecule is COCCN(C)C(=O)C1CC[CH]CC1. The molecule has 1 aliphatic carbocycles. The predicted molar refractivity (Wildman–Crippen MR) is 55.8 cm³/mol. The fourth-order valence-electron chi connectivity index (χ4n) is 1.82. The Hall–Kier alpha value is -0.570. The average Bonchev–Trinajstić information content (AvgIpc) is 2.26. The van der Waals surface area contributed by atoms with Gasteiger partial charge < -0.3 is 9.64 Å². The van der Waals surface area contributed by atoms with Crippen LogP contribution in [-0.2, 0) is 9.53 Å². The van der Waals surface area contributed by atoms with Gasteiger partial charge in [0.05, 0.1) is 6.61 Å². The van der Waals surface area contributed by atoms with Crippen LogP contribution in [-0.4, -0.2) is 38.1 Å². The van der Waals surface area contributed by atoms with E-state index in [0.717, 1.165) is 25.7 Å². The van der Waals surface area contributed by atoms with Crippen LogP contribution >= 0.6 is 0 Å². The van der Waals surface area contributed by atoms with Crippen LogP contribution in [0, 0.1) is 12.3 Å². The Morgan fingerprint density at radius 1 is 1.50 bits per heavy atom. The Morgan fingerprint density at radius 2 is 2.14 bits per heavy atom. The molecule has 0 unspecified atom stereocenters. The third kappa shape index (κ3) is 3.29. The summed E-state index contributed by atoms with van der Waals surface area (Å²) in [5.74, 6) is 0.539. The molecule has 0 aromatic carbocycles. The van der Waals surface area contributed by atoms with Crippen molar-refractivity contribution < 1.29 is 9.53 Å². The highest BCUT2D eigenvalue weighted by molar-refractivity contribution is 5.78. The number of carbonyl (C=O) groups excluding carboxylic acids is 1. The van der Waals surface area contributed by atoms with E-state index in [4.69, 9.17) is 4.74 Å². The molecule has 81 valence electrons. The van der Waals surface area contributed by atoms with Gasteiger partial charge in [0, 0.05) is 26.6 Å². The van der Waals surface area contributed by atoms with Crippen molar-refractivity contribution in [3.05, 3.63) is 6.42 Å². The average molecular weight is 198 g/mol. The summed E-state index contributed by atoms with van der Waals surface area (Å²) >= 11 is 0. The molecule has 0 aliphatic heterocycles. The van der Waals surface area contributed by atoms with E-state index in [1.807, 2.05) is 7.05 Å². The van der Waals surface area contributed by atoms with E-state index in [-0.39, 0.29) is 11.8 Å². The van der Waals surface area contributed by atoms with Crippen LogP contribution in [0.2, 0.25) is 0 Å². The number of likely N-dealkylation sites (N-methyl/N-ethyl adjacent to an activating group) is 1. The summed E-state index contributed by atoms with van der Waals surface area (Å²) in [5.41, 5.74) is 0. The monoisotopic (exact) mass is 198 g/mol. The Balaban J connectivity index is 2.30. The Labute approximate surface area is 86.4 Å². The van der Waals surface area contributed by atoms with Gasteiger partial charge in [-0.15, -0.1) is 0 Å². The second-order valence-corrected chi connectivity index (χ2v) is 3.89. The second-order valence-electron chi connectivity index (χ2n) is 3.89. The maximum Gasteiger partial charge on any atom is 0.225 e. The first-order valence-electron chi connectivity index (χ1n) is 5.31. The van der Waals surface area contributed by atoms with Crippen molar-refractivity contribution in [2.45, 2.75) is 25.7 Å². The van der Waals surface area contributed by atoms with Crippen molar-refractivity contribution >= 4 is 5.91 Å². The maximum absolute atomic E-state index is 11.9. The summed E-state index contributed by atoms with van der Waals surface area (Å²) < 4.78 is 4.95. The number of amides is 1. The van der Waals surface area contributed by atoms with E-state index in [1.54, 1.807) is 12.0 Å². The first-order chi connectivity index (χ1) is 6.75. The molecule has 0 N–H and O–H groups in total. The van der Waals surface area contributed by atoms with Gasteiger partial charge in [0.15, 0.2) is 0 Å². The molecule has 0 bridgehead atoms. The van der Waals surface area contributed by atoms with Crippen LogP contribution in [0.5, 0.6) is 0 Å². The summed E-state index contributed by atoms with van der Waals surface area (Å²) in [5, 5.41) is 0. The van der Waals surface area contributed by atoms with E-state index in [1.165, 1.54) is 0 Å². The Kier molecular flexibility index (Phi) is 4.94. The van der Waals surface area contributed by atoms with Gasteiger partial charge >= 0.3 is 0 Å². The topological polar surface area (TPSA) is 29.5 Å². The fourth-order valence-corrected chi connectivity index (χ4v) is 1.82. The normalized spacial score (nSPS) is 18.1. The Bertz CT molecular complexity index is 176.